The molecule has 176 valence electrons. The Kier molecular flexibility index (Phi) is 7.91. The van der Waals surface area contributed by atoms with Crippen molar-refractivity contribution in [2.24, 2.45) is 0 Å². The van der Waals surface area contributed by atoms with Gasteiger partial charge in [0.05, 0.1) is 0 Å². The van der Waals surface area contributed by atoms with Crippen molar-refractivity contribution < 1.29 is 19.1 Å². The summed E-state index contributed by atoms with van der Waals surface area (Å²) in [5.74, 6) is -0.792. The minimum atomic E-state index is -0.523. The first-order chi connectivity index (χ1) is 16.1. The normalized spacial score (nSPS) is 10.8. The highest BCUT2D eigenvalue weighted by atomic mass is 35.5. The molecule has 0 aromatic heterocycles. The first kappa shape index (κ1) is 24.8. The number of anilines is 1. The fourth-order valence-electron chi connectivity index (χ4n) is 2.94. The molecule has 0 bridgehead atoms. The minimum absolute atomic E-state index is 0.00853. The van der Waals surface area contributed by atoms with Gasteiger partial charge in [0, 0.05) is 21.8 Å². The lowest BCUT2D eigenvalue weighted by atomic mass is 9.87. The highest BCUT2D eigenvalue weighted by Crippen LogP contribution is 2.22. The quantitative estimate of drug-likeness (QED) is 0.445. The van der Waals surface area contributed by atoms with Gasteiger partial charge in [-0.1, -0.05) is 44.5 Å². The summed E-state index contributed by atoms with van der Waals surface area (Å²) >= 11 is 5.80. The van der Waals surface area contributed by atoms with E-state index in [2.05, 4.69) is 36.9 Å². The average molecular weight is 480 g/mol. The van der Waals surface area contributed by atoms with Gasteiger partial charge in [0.2, 0.25) is 0 Å². The molecule has 0 saturated carbocycles. The van der Waals surface area contributed by atoms with Crippen LogP contribution in [0.15, 0.2) is 72.8 Å². The molecule has 0 atom stereocenters. The van der Waals surface area contributed by atoms with Crippen molar-refractivity contribution in [3.63, 3.8) is 0 Å². The number of amides is 3. The SMILES string of the molecule is CC(C)(C)c1ccc(C(=O)Nc2ccc(C(=O)NNC(=O)COc3ccc(Cl)cc3)cc2)cc1. The second-order valence-electron chi connectivity index (χ2n) is 8.60. The van der Waals surface area contributed by atoms with E-state index in [1.807, 2.05) is 12.1 Å². The summed E-state index contributed by atoms with van der Waals surface area (Å²) in [5.41, 5.74) is 7.15. The van der Waals surface area contributed by atoms with E-state index in [-0.39, 0.29) is 17.9 Å². The summed E-state index contributed by atoms with van der Waals surface area (Å²) in [6.07, 6.45) is 0. The molecule has 0 radical (unpaired) electrons. The first-order valence-corrected chi connectivity index (χ1v) is 11.0. The van der Waals surface area contributed by atoms with E-state index in [1.54, 1.807) is 60.7 Å². The Hall–Kier alpha value is -3.84. The number of nitrogens with one attached hydrogen (secondary N) is 3. The predicted molar refractivity (Wildman–Crippen MR) is 132 cm³/mol. The summed E-state index contributed by atoms with van der Waals surface area (Å²) in [6.45, 7) is 6.06. The summed E-state index contributed by atoms with van der Waals surface area (Å²) in [7, 11) is 0. The molecule has 3 aromatic carbocycles. The first-order valence-electron chi connectivity index (χ1n) is 10.6. The topological polar surface area (TPSA) is 96.5 Å². The van der Waals surface area contributed by atoms with Crippen molar-refractivity contribution in [1.82, 2.24) is 10.9 Å². The molecule has 3 aromatic rings. The van der Waals surface area contributed by atoms with Crippen LogP contribution in [0.3, 0.4) is 0 Å². The zero-order valence-electron chi connectivity index (χ0n) is 19.1. The van der Waals surface area contributed by atoms with Crippen LogP contribution in [-0.2, 0) is 10.2 Å². The lowest BCUT2D eigenvalue weighted by Gasteiger charge is -2.19. The average Bonchev–Trinajstić information content (AvgIpc) is 2.82. The summed E-state index contributed by atoms with van der Waals surface area (Å²) in [6, 6.07) is 20.3. The number of ether oxygens (including phenoxy) is 1. The predicted octanol–water partition coefficient (Wildman–Crippen LogP) is 4.73. The monoisotopic (exact) mass is 479 g/mol. The molecule has 0 aliphatic heterocycles. The number of benzene rings is 3. The van der Waals surface area contributed by atoms with Crippen LogP contribution < -0.4 is 20.9 Å². The molecule has 0 aliphatic carbocycles. The van der Waals surface area contributed by atoms with Crippen molar-refractivity contribution in [2.45, 2.75) is 26.2 Å². The van der Waals surface area contributed by atoms with E-state index in [4.69, 9.17) is 16.3 Å². The third kappa shape index (κ3) is 7.08. The second-order valence-corrected chi connectivity index (χ2v) is 9.04. The Morgan fingerprint density at radius 2 is 1.32 bits per heavy atom. The van der Waals surface area contributed by atoms with Gasteiger partial charge in [0.25, 0.3) is 17.7 Å². The maximum atomic E-state index is 12.5. The number of hydrogen-bond acceptors (Lipinski definition) is 4. The lowest BCUT2D eigenvalue weighted by molar-refractivity contribution is -0.123. The van der Waals surface area contributed by atoms with E-state index in [0.717, 1.165) is 5.56 Å². The van der Waals surface area contributed by atoms with Gasteiger partial charge in [-0.2, -0.15) is 0 Å². The zero-order chi connectivity index (χ0) is 24.7. The molecular weight excluding hydrogens is 454 g/mol. The van der Waals surface area contributed by atoms with E-state index in [9.17, 15) is 14.4 Å². The van der Waals surface area contributed by atoms with Gasteiger partial charge < -0.3 is 10.1 Å². The maximum absolute atomic E-state index is 12.5. The second kappa shape index (κ2) is 10.9. The number of carbonyl (C=O) groups excluding carboxylic acids is 3. The van der Waals surface area contributed by atoms with Crippen molar-refractivity contribution in [3.05, 3.63) is 94.5 Å². The molecule has 3 amide bonds. The molecule has 0 spiro atoms. The van der Waals surface area contributed by atoms with Crippen molar-refractivity contribution in [2.75, 3.05) is 11.9 Å². The number of hydrazine groups is 1. The fourth-order valence-corrected chi connectivity index (χ4v) is 3.07. The van der Waals surface area contributed by atoms with Crippen molar-refractivity contribution in [1.29, 1.82) is 0 Å². The molecule has 3 N–H and O–H groups in total. The van der Waals surface area contributed by atoms with Gasteiger partial charge in [-0.15, -0.1) is 0 Å². The Bertz CT molecular complexity index is 1150. The van der Waals surface area contributed by atoms with E-state index in [0.29, 0.717) is 27.6 Å². The van der Waals surface area contributed by atoms with Gasteiger partial charge in [-0.25, -0.2) is 0 Å². The summed E-state index contributed by atoms with van der Waals surface area (Å²) in [4.78, 5) is 36.6. The van der Waals surface area contributed by atoms with Gasteiger partial charge in [0.15, 0.2) is 6.61 Å². The highest BCUT2D eigenvalue weighted by Gasteiger charge is 2.15. The Labute approximate surface area is 203 Å². The highest BCUT2D eigenvalue weighted by molar-refractivity contribution is 6.30. The molecule has 34 heavy (non-hydrogen) atoms. The molecule has 0 saturated heterocycles. The molecule has 0 heterocycles. The van der Waals surface area contributed by atoms with Gasteiger partial charge in [0.1, 0.15) is 5.75 Å². The molecule has 0 aliphatic rings. The number of halogens is 1. The number of carbonyl (C=O) groups is 3. The summed E-state index contributed by atoms with van der Waals surface area (Å²) < 4.78 is 5.31. The van der Waals surface area contributed by atoms with Crippen LogP contribution in [0.2, 0.25) is 5.02 Å². The summed E-state index contributed by atoms with van der Waals surface area (Å²) in [5, 5.41) is 3.36. The van der Waals surface area contributed by atoms with Crippen LogP contribution in [-0.4, -0.2) is 24.3 Å². The molecule has 7 nitrogen and oxygen atoms in total. The van der Waals surface area contributed by atoms with Gasteiger partial charge >= 0.3 is 0 Å². The maximum Gasteiger partial charge on any atom is 0.276 e. The van der Waals surface area contributed by atoms with Crippen LogP contribution >= 0.6 is 11.6 Å². The van der Waals surface area contributed by atoms with E-state index in [1.165, 1.54) is 0 Å². The van der Waals surface area contributed by atoms with Crippen LogP contribution in [0.25, 0.3) is 0 Å². The van der Waals surface area contributed by atoms with Gasteiger partial charge in [-0.05, 0) is 71.6 Å². The van der Waals surface area contributed by atoms with E-state index < -0.39 is 11.8 Å². The fraction of sp³-hybridized carbons (Fsp3) is 0.192. The molecule has 0 fully saturated rings. The van der Waals surface area contributed by atoms with Crippen LogP contribution in [0.5, 0.6) is 5.75 Å². The number of rotatable bonds is 6. The van der Waals surface area contributed by atoms with Crippen molar-refractivity contribution >= 4 is 35.0 Å². The Balaban J connectivity index is 1.47. The van der Waals surface area contributed by atoms with Crippen LogP contribution in [0.4, 0.5) is 5.69 Å². The van der Waals surface area contributed by atoms with Gasteiger partial charge in [-0.3, -0.25) is 25.2 Å². The van der Waals surface area contributed by atoms with Crippen LogP contribution in [0, 0.1) is 0 Å². The van der Waals surface area contributed by atoms with Crippen LogP contribution in [0.1, 0.15) is 47.1 Å². The minimum Gasteiger partial charge on any atom is -0.484 e. The third-order valence-corrected chi connectivity index (χ3v) is 5.17. The lowest BCUT2D eigenvalue weighted by Crippen LogP contribution is -2.43. The molecular formula is C26H26ClN3O4. The largest absolute Gasteiger partial charge is 0.484 e. The Morgan fingerprint density at radius 1 is 0.765 bits per heavy atom. The van der Waals surface area contributed by atoms with Crippen molar-refractivity contribution in [3.8, 4) is 5.75 Å². The Morgan fingerprint density at radius 3 is 1.91 bits per heavy atom. The molecule has 8 heteroatoms. The third-order valence-electron chi connectivity index (χ3n) is 4.92. The standard InChI is InChI=1S/C26H26ClN3O4/c1-26(2,3)19-8-4-17(5-9-19)24(32)28-21-12-6-18(7-13-21)25(33)30-29-23(31)16-34-22-14-10-20(27)11-15-22/h4-15H,16H2,1-3H3,(H,28,32)(H,29,31)(H,30,33). The smallest absolute Gasteiger partial charge is 0.276 e. The zero-order valence-corrected chi connectivity index (χ0v) is 19.9. The molecule has 0 unspecified atom stereocenters. The number of hydrogen-bond donors (Lipinski definition) is 3. The molecule has 3 rings (SSSR count). The van der Waals surface area contributed by atoms with E-state index >= 15 is 0 Å².